The Labute approximate surface area is 167 Å². The molecule has 0 aromatic heterocycles. The molecule has 0 spiro atoms. The second kappa shape index (κ2) is 7.07. The van der Waals surface area contributed by atoms with Crippen LogP contribution >= 0.6 is 0 Å². The van der Waals surface area contributed by atoms with Crippen LogP contribution in [0, 0.1) is 5.92 Å². The minimum atomic E-state index is -0.0216. The van der Waals surface area contributed by atoms with Gasteiger partial charge in [0.1, 0.15) is 0 Å². The summed E-state index contributed by atoms with van der Waals surface area (Å²) < 4.78 is 0. The van der Waals surface area contributed by atoms with Crippen molar-refractivity contribution in [1.82, 2.24) is 19.6 Å². The lowest BCUT2D eigenvalue weighted by molar-refractivity contribution is -0.148. The van der Waals surface area contributed by atoms with Gasteiger partial charge >= 0.3 is 6.03 Å². The van der Waals surface area contributed by atoms with Crippen molar-refractivity contribution in [2.45, 2.75) is 37.8 Å². The third kappa shape index (κ3) is 2.89. The summed E-state index contributed by atoms with van der Waals surface area (Å²) in [6.07, 6.45) is 3.68. The first-order chi connectivity index (χ1) is 13.6. The average molecular weight is 383 g/mol. The number of rotatable bonds is 0. The summed E-state index contributed by atoms with van der Waals surface area (Å²) in [6.45, 7) is 5.03. The highest BCUT2D eigenvalue weighted by Crippen LogP contribution is 2.43. The van der Waals surface area contributed by atoms with E-state index < -0.39 is 0 Å². The molecule has 6 nitrogen and oxygen atoms in total. The van der Waals surface area contributed by atoms with Crippen LogP contribution in [0.3, 0.4) is 0 Å². The van der Waals surface area contributed by atoms with Crippen molar-refractivity contribution in [1.29, 1.82) is 0 Å². The predicted molar refractivity (Wildman–Crippen MR) is 107 cm³/mol. The lowest BCUT2D eigenvalue weighted by Gasteiger charge is -2.52. The fourth-order valence-electron chi connectivity index (χ4n) is 5.66. The molecule has 1 aromatic rings. The summed E-state index contributed by atoms with van der Waals surface area (Å²) >= 11 is 0. The van der Waals surface area contributed by atoms with E-state index in [1.165, 1.54) is 11.1 Å². The maximum absolute atomic E-state index is 13.4. The van der Waals surface area contributed by atoms with Crippen LogP contribution in [0.15, 0.2) is 24.3 Å². The van der Waals surface area contributed by atoms with E-state index in [1.54, 1.807) is 0 Å². The number of fused-ring (bicyclic) bond motifs is 4. The lowest BCUT2D eigenvalue weighted by atomic mass is 9.76. The van der Waals surface area contributed by atoms with Crippen molar-refractivity contribution >= 4 is 11.9 Å². The van der Waals surface area contributed by atoms with Gasteiger partial charge in [-0.15, -0.1) is 0 Å². The van der Waals surface area contributed by atoms with Gasteiger partial charge in [0, 0.05) is 45.3 Å². The maximum atomic E-state index is 13.4. The van der Waals surface area contributed by atoms with Crippen LogP contribution in [0.1, 0.15) is 36.4 Å². The molecule has 3 amide bonds. The van der Waals surface area contributed by atoms with Gasteiger partial charge in [0.15, 0.2) is 0 Å². The van der Waals surface area contributed by atoms with E-state index in [0.717, 1.165) is 65.0 Å². The number of likely N-dealkylation sites (tertiary alicyclic amines) is 1. The molecule has 3 saturated heterocycles. The smallest absolute Gasteiger partial charge is 0.320 e. The van der Waals surface area contributed by atoms with Gasteiger partial charge in [-0.05, 0) is 43.9 Å². The number of nitrogens with zero attached hydrogens (tertiary/aromatic N) is 4. The van der Waals surface area contributed by atoms with Crippen molar-refractivity contribution in [3.05, 3.63) is 35.4 Å². The molecule has 0 saturated carbocycles. The third-order valence-electron chi connectivity index (χ3n) is 7.28. The first-order valence-electron chi connectivity index (χ1n) is 10.8. The molecular weight excluding hydrogens is 352 g/mol. The van der Waals surface area contributed by atoms with Gasteiger partial charge in [-0.25, -0.2) is 4.79 Å². The highest BCUT2D eigenvalue weighted by atomic mass is 16.2. The Morgan fingerprint density at radius 1 is 1.04 bits per heavy atom. The lowest BCUT2D eigenvalue weighted by Crippen LogP contribution is -2.62. The number of hydrogen-bond donors (Lipinski definition) is 0. The van der Waals surface area contributed by atoms with Crippen molar-refractivity contribution in [2.24, 2.45) is 5.92 Å². The number of benzene rings is 1. The number of piperidine rings is 2. The Morgan fingerprint density at radius 3 is 2.64 bits per heavy atom. The summed E-state index contributed by atoms with van der Waals surface area (Å²) in [6, 6.07) is 8.85. The van der Waals surface area contributed by atoms with Crippen LogP contribution in [-0.2, 0) is 11.2 Å². The Morgan fingerprint density at radius 2 is 1.82 bits per heavy atom. The first kappa shape index (κ1) is 18.0. The predicted octanol–water partition coefficient (Wildman–Crippen LogP) is 1.96. The Balaban J connectivity index is 1.41. The molecule has 0 bridgehead atoms. The molecule has 3 fully saturated rings. The monoisotopic (exact) mass is 382 g/mol. The molecule has 150 valence electrons. The Hall–Kier alpha value is -2.08. The molecule has 0 aliphatic carbocycles. The second-order valence-corrected chi connectivity index (χ2v) is 8.81. The Bertz CT molecular complexity index is 774. The number of carbonyl (C=O) groups excluding carboxylic acids is 2. The summed E-state index contributed by atoms with van der Waals surface area (Å²) in [4.78, 5) is 35.1. The summed E-state index contributed by atoms with van der Waals surface area (Å²) in [5.74, 6) is 0.248. The summed E-state index contributed by atoms with van der Waals surface area (Å²) in [5.41, 5.74) is 2.65. The van der Waals surface area contributed by atoms with Crippen LogP contribution in [0.4, 0.5) is 4.79 Å². The van der Waals surface area contributed by atoms with Gasteiger partial charge in [-0.2, -0.15) is 0 Å². The topological polar surface area (TPSA) is 47.1 Å². The van der Waals surface area contributed by atoms with Crippen LogP contribution in [-0.4, -0.2) is 83.9 Å². The fourth-order valence-corrected chi connectivity index (χ4v) is 5.66. The highest BCUT2D eigenvalue weighted by molar-refractivity contribution is 5.83. The SMILES string of the molecule is CN1CCN(C(=O)N2CCCC3C(=O)N4CCc5ccccc5C4CC32)CC1. The molecule has 28 heavy (non-hydrogen) atoms. The fraction of sp³-hybridized carbons (Fsp3) is 0.636. The summed E-state index contributed by atoms with van der Waals surface area (Å²) in [7, 11) is 2.10. The van der Waals surface area contributed by atoms with E-state index in [4.69, 9.17) is 0 Å². The molecule has 3 atom stereocenters. The van der Waals surface area contributed by atoms with Crippen LogP contribution in [0.5, 0.6) is 0 Å². The molecule has 1 aromatic carbocycles. The largest absolute Gasteiger partial charge is 0.335 e. The van der Waals surface area contributed by atoms with Crippen molar-refractivity contribution in [3.8, 4) is 0 Å². The molecule has 0 N–H and O–H groups in total. The number of hydrogen-bond acceptors (Lipinski definition) is 3. The number of piperazine rings is 1. The normalized spacial score (nSPS) is 30.5. The molecule has 4 heterocycles. The number of carbonyl (C=O) groups is 2. The van der Waals surface area contributed by atoms with Gasteiger partial charge in [0.25, 0.3) is 0 Å². The average Bonchev–Trinajstić information content (AvgIpc) is 2.73. The van der Waals surface area contributed by atoms with Gasteiger partial charge in [-0.1, -0.05) is 24.3 Å². The minimum absolute atomic E-state index is 0.0216. The molecule has 6 heteroatoms. The maximum Gasteiger partial charge on any atom is 0.320 e. The third-order valence-corrected chi connectivity index (χ3v) is 7.28. The zero-order chi connectivity index (χ0) is 19.3. The zero-order valence-corrected chi connectivity index (χ0v) is 16.7. The second-order valence-electron chi connectivity index (χ2n) is 8.81. The molecule has 4 aliphatic rings. The van der Waals surface area contributed by atoms with E-state index in [1.807, 2.05) is 9.80 Å². The summed E-state index contributed by atoms with van der Waals surface area (Å²) in [5, 5.41) is 0. The number of amides is 3. The van der Waals surface area contributed by atoms with Gasteiger partial charge in [-0.3, -0.25) is 4.79 Å². The minimum Gasteiger partial charge on any atom is -0.335 e. The van der Waals surface area contributed by atoms with E-state index in [0.29, 0.717) is 0 Å². The molecule has 5 rings (SSSR count). The molecular formula is C22H30N4O2. The van der Waals surface area contributed by atoms with Crippen molar-refractivity contribution < 1.29 is 9.59 Å². The quantitative estimate of drug-likeness (QED) is 0.689. The highest BCUT2D eigenvalue weighted by Gasteiger charge is 2.49. The molecule has 4 aliphatic heterocycles. The van der Waals surface area contributed by atoms with E-state index in [9.17, 15) is 9.59 Å². The van der Waals surface area contributed by atoms with E-state index >= 15 is 0 Å². The van der Waals surface area contributed by atoms with Gasteiger partial charge in [0.05, 0.1) is 12.0 Å². The number of likely N-dealkylation sites (N-methyl/N-ethyl adjacent to an activating group) is 1. The van der Waals surface area contributed by atoms with Gasteiger partial charge < -0.3 is 19.6 Å². The molecule has 0 radical (unpaired) electrons. The van der Waals surface area contributed by atoms with Crippen LogP contribution < -0.4 is 0 Å². The van der Waals surface area contributed by atoms with E-state index in [-0.39, 0.29) is 29.9 Å². The van der Waals surface area contributed by atoms with Crippen LogP contribution in [0.2, 0.25) is 0 Å². The standard InChI is InChI=1S/C22H30N4O2/c1-23-11-13-24(14-12-23)22(28)26-9-4-7-18-20(26)15-19-17-6-3-2-5-16(17)8-10-25(19)21(18)27/h2-3,5-6,18-20H,4,7-15H2,1H3. The van der Waals surface area contributed by atoms with Crippen molar-refractivity contribution in [2.75, 3.05) is 46.3 Å². The van der Waals surface area contributed by atoms with E-state index in [2.05, 4.69) is 41.1 Å². The Kier molecular flexibility index (Phi) is 4.54. The van der Waals surface area contributed by atoms with Gasteiger partial charge in [0.2, 0.25) is 5.91 Å². The van der Waals surface area contributed by atoms with Crippen LogP contribution in [0.25, 0.3) is 0 Å². The first-order valence-corrected chi connectivity index (χ1v) is 10.8. The van der Waals surface area contributed by atoms with Crippen molar-refractivity contribution in [3.63, 3.8) is 0 Å². The number of urea groups is 1. The molecule has 3 unspecified atom stereocenters. The zero-order valence-electron chi connectivity index (χ0n) is 16.7.